The van der Waals surface area contributed by atoms with Crippen LogP contribution in [0.2, 0.25) is 5.02 Å². The number of hydrogen-bond acceptors (Lipinski definition) is 1. The molecule has 86 valence electrons. The number of fused-ring (bicyclic) bond motifs is 1. The zero-order valence-electron chi connectivity index (χ0n) is 9.65. The van der Waals surface area contributed by atoms with E-state index in [1.165, 1.54) is 16.8 Å². The summed E-state index contributed by atoms with van der Waals surface area (Å²) < 4.78 is 2.27. The van der Waals surface area contributed by atoms with Crippen molar-refractivity contribution in [3.05, 3.63) is 58.6 Å². The summed E-state index contributed by atoms with van der Waals surface area (Å²) in [5, 5.41) is 0.773. The first-order valence-electron chi connectivity index (χ1n) is 5.74. The first-order valence-corrected chi connectivity index (χ1v) is 6.12. The molecule has 2 nitrogen and oxygen atoms in total. The molecule has 0 unspecified atom stereocenters. The molecule has 1 aromatic carbocycles. The zero-order chi connectivity index (χ0) is 11.8. The van der Waals surface area contributed by atoms with Crippen molar-refractivity contribution in [1.82, 2.24) is 9.55 Å². The van der Waals surface area contributed by atoms with Crippen LogP contribution in [0, 0.1) is 6.92 Å². The molecule has 0 saturated carbocycles. The Morgan fingerprint density at radius 2 is 2.00 bits per heavy atom. The molecule has 0 spiro atoms. The van der Waals surface area contributed by atoms with Crippen molar-refractivity contribution in [3.63, 3.8) is 0 Å². The average molecular weight is 245 g/mol. The fraction of sp³-hybridized carbons (Fsp3) is 0.214. The van der Waals surface area contributed by atoms with E-state index in [2.05, 4.69) is 27.8 Å². The Kier molecular flexibility index (Phi) is 2.52. The van der Waals surface area contributed by atoms with Gasteiger partial charge in [-0.1, -0.05) is 29.8 Å². The second-order valence-corrected chi connectivity index (χ2v) is 4.69. The summed E-state index contributed by atoms with van der Waals surface area (Å²) >= 11 is 5.92. The van der Waals surface area contributed by atoms with Crippen LogP contribution in [-0.2, 0) is 6.54 Å². The van der Waals surface area contributed by atoms with E-state index in [9.17, 15) is 0 Å². The third-order valence-electron chi connectivity index (χ3n) is 3.19. The fourth-order valence-electron chi connectivity index (χ4n) is 2.30. The molecule has 3 rings (SSSR count). The summed E-state index contributed by atoms with van der Waals surface area (Å²) in [6.07, 6.45) is 5.29. The van der Waals surface area contributed by atoms with E-state index in [0.717, 1.165) is 23.8 Å². The summed E-state index contributed by atoms with van der Waals surface area (Å²) in [6, 6.07) is 7.98. The molecule has 1 aliphatic rings. The highest BCUT2D eigenvalue weighted by atomic mass is 35.5. The second-order valence-electron chi connectivity index (χ2n) is 4.26. The van der Waals surface area contributed by atoms with Crippen LogP contribution in [-0.4, -0.2) is 9.55 Å². The standard InChI is InChI=1S/C14H13ClN2/c1-10-16-9-14-13(3-2-8-17(10)14)11-4-6-12(15)7-5-11/h3-7,9H,2,8H2,1H3. The number of aryl methyl sites for hydroxylation is 1. The summed E-state index contributed by atoms with van der Waals surface area (Å²) in [7, 11) is 0. The Morgan fingerprint density at radius 1 is 1.24 bits per heavy atom. The predicted molar refractivity (Wildman–Crippen MR) is 70.1 cm³/mol. The van der Waals surface area contributed by atoms with E-state index in [1.807, 2.05) is 25.3 Å². The lowest BCUT2D eigenvalue weighted by atomic mass is 10.00. The van der Waals surface area contributed by atoms with Crippen molar-refractivity contribution in [1.29, 1.82) is 0 Å². The molecule has 2 heterocycles. The normalized spacial score (nSPS) is 14.4. The van der Waals surface area contributed by atoms with Crippen LogP contribution in [0.5, 0.6) is 0 Å². The van der Waals surface area contributed by atoms with E-state index >= 15 is 0 Å². The summed E-state index contributed by atoms with van der Waals surface area (Å²) in [4.78, 5) is 4.39. The molecule has 3 heteroatoms. The van der Waals surface area contributed by atoms with Gasteiger partial charge in [0.05, 0.1) is 11.9 Å². The first-order chi connectivity index (χ1) is 8.25. The van der Waals surface area contributed by atoms with Crippen LogP contribution in [0.3, 0.4) is 0 Å². The summed E-state index contributed by atoms with van der Waals surface area (Å²) in [5.41, 5.74) is 3.67. The van der Waals surface area contributed by atoms with E-state index in [1.54, 1.807) is 0 Å². The maximum absolute atomic E-state index is 5.92. The molecule has 2 aromatic rings. The van der Waals surface area contributed by atoms with Crippen LogP contribution in [0.4, 0.5) is 0 Å². The summed E-state index contributed by atoms with van der Waals surface area (Å²) in [6.45, 7) is 3.08. The largest absolute Gasteiger partial charge is 0.328 e. The number of hydrogen-bond donors (Lipinski definition) is 0. The number of rotatable bonds is 1. The Bertz CT molecular complexity index is 579. The minimum atomic E-state index is 0.773. The van der Waals surface area contributed by atoms with Gasteiger partial charge in [-0.3, -0.25) is 0 Å². The van der Waals surface area contributed by atoms with Crippen molar-refractivity contribution in [2.75, 3.05) is 0 Å². The molecule has 1 aliphatic heterocycles. The molecule has 0 atom stereocenters. The highest BCUT2D eigenvalue weighted by Crippen LogP contribution is 2.29. The van der Waals surface area contributed by atoms with Crippen molar-refractivity contribution >= 4 is 17.2 Å². The SMILES string of the molecule is Cc1ncc2n1CCC=C2c1ccc(Cl)cc1. The van der Waals surface area contributed by atoms with Crippen molar-refractivity contribution in [3.8, 4) is 0 Å². The lowest BCUT2D eigenvalue weighted by molar-refractivity contribution is 0.665. The monoisotopic (exact) mass is 244 g/mol. The maximum Gasteiger partial charge on any atom is 0.105 e. The smallest absolute Gasteiger partial charge is 0.105 e. The molecule has 0 fully saturated rings. The number of allylic oxidation sites excluding steroid dienone is 1. The Hall–Kier alpha value is -1.54. The number of imidazole rings is 1. The van der Waals surface area contributed by atoms with Gasteiger partial charge >= 0.3 is 0 Å². The third kappa shape index (κ3) is 1.79. The molecule has 0 aliphatic carbocycles. The van der Waals surface area contributed by atoms with Gasteiger partial charge in [0.2, 0.25) is 0 Å². The number of halogens is 1. The van der Waals surface area contributed by atoms with Gasteiger partial charge in [-0.25, -0.2) is 4.98 Å². The number of aromatic nitrogens is 2. The van der Waals surface area contributed by atoms with E-state index in [4.69, 9.17) is 11.6 Å². The molecular weight excluding hydrogens is 232 g/mol. The predicted octanol–water partition coefficient (Wildman–Crippen LogP) is 3.68. The molecule has 1 aromatic heterocycles. The first kappa shape index (κ1) is 10.6. The van der Waals surface area contributed by atoms with Gasteiger partial charge in [-0.15, -0.1) is 0 Å². The topological polar surface area (TPSA) is 17.8 Å². The van der Waals surface area contributed by atoms with Crippen molar-refractivity contribution < 1.29 is 0 Å². The average Bonchev–Trinajstić information content (AvgIpc) is 2.73. The van der Waals surface area contributed by atoms with Crippen LogP contribution in [0.15, 0.2) is 36.5 Å². The van der Waals surface area contributed by atoms with Gasteiger partial charge in [0.25, 0.3) is 0 Å². The Morgan fingerprint density at radius 3 is 2.76 bits per heavy atom. The minimum Gasteiger partial charge on any atom is -0.328 e. The molecule has 0 bridgehead atoms. The maximum atomic E-state index is 5.92. The summed E-state index contributed by atoms with van der Waals surface area (Å²) in [5.74, 6) is 1.08. The van der Waals surface area contributed by atoms with E-state index in [-0.39, 0.29) is 0 Å². The van der Waals surface area contributed by atoms with Crippen LogP contribution in [0.1, 0.15) is 23.5 Å². The van der Waals surface area contributed by atoms with Crippen LogP contribution in [0.25, 0.3) is 5.57 Å². The van der Waals surface area contributed by atoms with Gasteiger partial charge in [0.15, 0.2) is 0 Å². The fourth-order valence-corrected chi connectivity index (χ4v) is 2.43. The van der Waals surface area contributed by atoms with Crippen molar-refractivity contribution in [2.24, 2.45) is 0 Å². The zero-order valence-corrected chi connectivity index (χ0v) is 10.4. The van der Waals surface area contributed by atoms with Crippen LogP contribution < -0.4 is 0 Å². The Labute approximate surface area is 106 Å². The van der Waals surface area contributed by atoms with E-state index < -0.39 is 0 Å². The van der Waals surface area contributed by atoms with Crippen LogP contribution >= 0.6 is 11.6 Å². The lowest BCUT2D eigenvalue weighted by Crippen LogP contribution is -2.09. The number of benzene rings is 1. The lowest BCUT2D eigenvalue weighted by Gasteiger charge is -2.17. The minimum absolute atomic E-state index is 0.773. The third-order valence-corrected chi connectivity index (χ3v) is 3.44. The highest BCUT2D eigenvalue weighted by Gasteiger charge is 2.15. The van der Waals surface area contributed by atoms with Gasteiger partial charge in [-0.2, -0.15) is 0 Å². The molecule has 0 saturated heterocycles. The second kappa shape index (κ2) is 4.04. The van der Waals surface area contributed by atoms with Gasteiger partial charge < -0.3 is 4.57 Å². The highest BCUT2D eigenvalue weighted by molar-refractivity contribution is 6.30. The molecular formula is C14H13ClN2. The van der Waals surface area contributed by atoms with Gasteiger partial charge in [-0.05, 0) is 31.0 Å². The Balaban J connectivity index is 2.09. The molecule has 17 heavy (non-hydrogen) atoms. The van der Waals surface area contributed by atoms with Crippen molar-refractivity contribution in [2.45, 2.75) is 19.9 Å². The number of nitrogens with zero attached hydrogens (tertiary/aromatic N) is 2. The van der Waals surface area contributed by atoms with Gasteiger partial charge in [0, 0.05) is 17.1 Å². The molecule has 0 radical (unpaired) electrons. The van der Waals surface area contributed by atoms with Gasteiger partial charge in [0.1, 0.15) is 5.82 Å². The molecule has 0 amide bonds. The quantitative estimate of drug-likeness (QED) is 0.748. The van der Waals surface area contributed by atoms with E-state index in [0.29, 0.717) is 0 Å². The molecule has 0 N–H and O–H groups in total.